The number of hydrogen-bond donors (Lipinski definition) is 1. The molecule has 1 rings (SSSR count). The summed E-state index contributed by atoms with van der Waals surface area (Å²) in [6, 6.07) is 0. The van der Waals surface area contributed by atoms with Gasteiger partial charge in [0.1, 0.15) is 5.76 Å². The Morgan fingerprint density at radius 2 is 2.06 bits per heavy atom. The fraction of sp³-hybridized carbons (Fsp3) is 0.571. The van der Waals surface area contributed by atoms with Gasteiger partial charge in [-0.05, 0) is 18.9 Å². The van der Waals surface area contributed by atoms with Gasteiger partial charge in [-0.15, -0.1) is 0 Å². The van der Waals surface area contributed by atoms with Gasteiger partial charge in [0, 0.05) is 26.3 Å². The van der Waals surface area contributed by atoms with Crippen LogP contribution in [0.2, 0.25) is 0 Å². The Morgan fingerprint density at radius 1 is 1.28 bits per heavy atom. The topological polar surface area (TPSA) is 55.4 Å². The molecule has 1 aliphatic rings. The Hall–Kier alpha value is -1.58. The zero-order chi connectivity index (χ0) is 13.2. The van der Waals surface area contributed by atoms with Gasteiger partial charge in [-0.25, -0.2) is 0 Å². The molecule has 0 fully saturated rings. The molecule has 0 atom stereocenters. The standard InChI is InChI=1S/C14H21NO3/c1-12(16)18-13-8-4-2-3-7-11-15-14(17)10-6-5-9-13/h5-6,9H,2-4,7-8,10-11H2,1H3,(H,15,17)/b6-5-,13-9-. The number of allylic oxidation sites excluding steroid dienone is 3. The molecular weight excluding hydrogens is 230 g/mol. The van der Waals surface area contributed by atoms with E-state index in [9.17, 15) is 9.59 Å². The smallest absolute Gasteiger partial charge is 0.307 e. The first-order valence-corrected chi connectivity index (χ1v) is 6.49. The maximum Gasteiger partial charge on any atom is 0.307 e. The molecule has 0 aromatic heterocycles. The second-order valence-electron chi connectivity index (χ2n) is 4.37. The highest BCUT2D eigenvalue weighted by Gasteiger charge is 2.03. The molecule has 18 heavy (non-hydrogen) atoms. The fourth-order valence-electron chi connectivity index (χ4n) is 1.78. The number of esters is 1. The van der Waals surface area contributed by atoms with Crippen molar-refractivity contribution in [3.63, 3.8) is 0 Å². The number of nitrogens with one attached hydrogen (secondary N) is 1. The molecule has 1 amide bonds. The maximum atomic E-state index is 11.4. The lowest BCUT2D eigenvalue weighted by Gasteiger charge is -2.06. The van der Waals surface area contributed by atoms with Crippen molar-refractivity contribution in [2.24, 2.45) is 0 Å². The normalized spacial score (nSPS) is 23.4. The Bertz CT molecular complexity index is 345. The zero-order valence-electron chi connectivity index (χ0n) is 10.9. The summed E-state index contributed by atoms with van der Waals surface area (Å²) in [7, 11) is 0. The van der Waals surface area contributed by atoms with Gasteiger partial charge in [0.15, 0.2) is 0 Å². The third-order valence-electron chi connectivity index (χ3n) is 2.67. The van der Waals surface area contributed by atoms with Crippen molar-refractivity contribution in [2.45, 2.75) is 45.4 Å². The second kappa shape index (κ2) is 8.50. The quantitative estimate of drug-likeness (QED) is 0.728. The van der Waals surface area contributed by atoms with Gasteiger partial charge in [0.2, 0.25) is 5.91 Å². The summed E-state index contributed by atoms with van der Waals surface area (Å²) in [5.74, 6) is 0.419. The number of carbonyl (C=O) groups is 2. The first-order valence-electron chi connectivity index (χ1n) is 6.49. The molecule has 0 radical (unpaired) electrons. The highest BCUT2D eigenvalue weighted by Crippen LogP contribution is 2.12. The van der Waals surface area contributed by atoms with Crippen molar-refractivity contribution in [1.82, 2.24) is 5.32 Å². The predicted molar refractivity (Wildman–Crippen MR) is 69.7 cm³/mol. The van der Waals surface area contributed by atoms with Crippen LogP contribution in [-0.4, -0.2) is 18.4 Å². The van der Waals surface area contributed by atoms with E-state index in [1.54, 1.807) is 18.2 Å². The summed E-state index contributed by atoms with van der Waals surface area (Å²) in [5.41, 5.74) is 0. The molecule has 0 aliphatic carbocycles. The molecule has 4 nitrogen and oxygen atoms in total. The molecule has 1 heterocycles. The van der Waals surface area contributed by atoms with Crippen LogP contribution in [0.5, 0.6) is 0 Å². The lowest BCUT2D eigenvalue weighted by atomic mass is 10.1. The van der Waals surface area contributed by atoms with Gasteiger partial charge in [-0.2, -0.15) is 0 Å². The van der Waals surface area contributed by atoms with Gasteiger partial charge in [0.05, 0.1) is 0 Å². The zero-order valence-corrected chi connectivity index (χ0v) is 10.9. The molecule has 1 aliphatic heterocycles. The van der Waals surface area contributed by atoms with Crippen molar-refractivity contribution in [1.29, 1.82) is 0 Å². The van der Waals surface area contributed by atoms with Crippen LogP contribution in [-0.2, 0) is 14.3 Å². The monoisotopic (exact) mass is 251 g/mol. The van der Waals surface area contributed by atoms with Crippen molar-refractivity contribution in [3.05, 3.63) is 24.0 Å². The van der Waals surface area contributed by atoms with Crippen molar-refractivity contribution >= 4 is 11.9 Å². The maximum absolute atomic E-state index is 11.4. The molecule has 0 saturated carbocycles. The average Bonchev–Trinajstić information content (AvgIpc) is 2.33. The first-order chi connectivity index (χ1) is 8.68. The van der Waals surface area contributed by atoms with E-state index in [1.807, 2.05) is 0 Å². The minimum absolute atomic E-state index is 0.0351. The molecule has 0 aromatic rings. The molecule has 0 spiro atoms. The van der Waals surface area contributed by atoms with Crippen molar-refractivity contribution in [2.75, 3.05) is 6.54 Å². The molecule has 0 bridgehead atoms. The largest absolute Gasteiger partial charge is 0.431 e. The third kappa shape index (κ3) is 6.89. The van der Waals surface area contributed by atoms with Gasteiger partial charge < -0.3 is 10.1 Å². The Morgan fingerprint density at radius 3 is 2.83 bits per heavy atom. The number of ether oxygens (including phenoxy) is 1. The van der Waals surface area contributed by atoms with Gasteiger partial charge >= 0.3 is 5.97 Å². The second-order valence-corrected chi connectivity index (χ2v) is 4.37. The van der Waals surface area contributed by atoms with E-state index in [1.165, 1.54) is 6.92 Å². The summed E-state index contributed by atoms with van der Waals surface area (Å²) >= 11 is 0. The fourth-order valence-corrected chi connectivity index (χ4v) is 1.78. The van der Waals surface area contributed by atoms with Crippen LogP contribution >= 0.6 is 0 Å². The Labute approximate surface area is 108 Å². The van der Waals surface area contributed by atoms with Crippen molar-refractivity contribution < 1.29 is 14.3 Å². The molecule has 0 unspecified atom stereocenters. The van der Waals surface area contributed by atoms with E-state index in [-0.39, 0.29) is 11.9 Å². The summed E-state index contributed by atoms with van der Waals surface area (Å²) in [4.78, 5) is 22.3. The first kappa shape index (κ1) is 14.5. The number of hydrogen-bond acceptors (Lipinski definition) is 3. The average molecular weight is 251 g/mol. The number of rotatable bonds is 1. The van der Waals surface area contributed by atoms with Crippen molar-refractivity contribution in [3.8, 4) is 0 Å². The van der Waals surface area contributed by atoms with Crippen LogP contribution in [0, 0.1) is 0 Å². The molecule has 100 valence electrons. The van der Waals surface area contributed by atoms with Gasteiger partial charge in [-0.1, -0.05) is 25.0 Å². The molecular formula is C14H21NO3. The number of carbonyl (C=O) groups excluding carboxylic acids is 2. The van der Waals surface area contributed by atoms with Crippen LogP contribution in [0.1, 0.15) is 45.4 Å². The molecule has 4 heteroatoms. The van der Waals surface area contributed by atoms with E-state index in [0.717, 1.165) is 38.6 Å². The number of amides is 1. The van der Waals surface area contributed by atoms with Crippen LogP contribution in [0.15, 0.2) is 24.0 Å². The summed E-state index contributed by atoms with van der Waals surface area (Å²) in [6.45, 7) is 2.15. The third-order valence-corrected chi connectivity index (χ3v) is 2.67. The van der Waals surface area contributed by atoms with E-state index >= 15 is 0 Å². The van der Waals surface area contributed by atoms with Crippen LogP contribution < -0.4 is 5.32 Å². The van der Waals surface area contributed by atoms with Crippen LogP contribution in [0.3, 0.4) is 0 Å². The SMILES string of the molecule is CC(=O)O/C1=C\C=C/CC(=O)NCCCCCC1. The molecule has 1 N–H and O–H groups in total. The van der Waals surface area contributed by atoms with Gasteiger partial charge in [-0.3, -0.25) is 9.59 Å². The molecule has 0 saturated heterocycles. The van der Waals surface area contributed by atoms with Crippen LogP contribution in [0.25, 0.3) is 0 Å². The van der Waals surface area contributed by atoms with E-state index in [4.69, 9.17) is 4.74 Å². The van der Waals surface area contributed by atoms with E-state index in [0.29, 0.717) is 12.2 Å². The minimum atomic E-state index is -0.295. The Kier molecular flexibility index (Phi) is 6.84. The van der Waals surface area contributed by atoms with Gasteiger partial charge in [0.25, 0.3) is 0 Å². The summed E-state index contributed by atoms with van der Waals surface area (Å²) in [5, 5.41) is 2.87. The Balaban J connectivity index is 2.58. The summed E-state index contributed by atoms with van der Waals surface area (Å²) < 4.78 is 5.12. The lowest BCUT2D eigenvalue weighted by molar-refractivity contribution is -0.137. The minimum Gasteiger partial charge on any atom is -0.431 e. The summed E-state index contributed by atoms with van der Waals surface area (Å²) in [6.07, 6.45) is 10.6. The lowest BCUT2D eigenvalue weighted by Crippen LogP contribution is -2.23. The molecule has 0 aromatic carbocycles. The van der Waals surface area contributed by atoms with E-state index < -0.39 is 0 Å². The van der Waals surface area contributed by atoms with E-state index in [2.05, 4.69) is 5.32 Å². The highest BCUT2D eigenvalue weighted by atomic mass is 16.5. The predicted octanol–water partition coefficient (Wildman–Crippen LogP) is 2.46. The highest BCUT2D eigenvalue weighted by molar-refractivity contribution is 5.77. The van der Waals surface area contributed by atoms with Crippen LogP contribution in [0.4, 0.5) is 0 Å².